The maximum atomic E-state index is 12.8. The first kappa shape index (κ1) is 15.9. The smallest absolute Gasteiger partial charge is 0.274 e. The maximum absolute atomic E-state index is 12.8. The van der Waals surface area contributed by atoms with Gasteiger partial charge in [-0.25, -0.2) is 4.98 Å². The summed E-state index contributed by atoms with van der Waals surface area (Å²) in [5.41, 5.74) is 2.01. The zero-order chi connectivity index (χ0) is 18.3. The molecular weight excluding hydrogens is 342 g/mol. The first-order chi connectivity index (χ1) is 13.2. The van der Waals surface area contributed by atoms with Crippen molar-refractivity contribution in [2.45, 2.75) is 31.5 Å². The highest BCUT2D eigenvalue weighted by Crippen LogP contribution is 2.47. The van der Waals surface area contributed by atoms with Gasteiger partial charge in [0.05, 0.1) is 12.5 Å². The second kappa shape index (κ2) is 6.16. The standard InChI is InChI=1S/C21H19N3O3/c25-20(17-13-22-14-24(17)16-6-2-1-3-7-16)23-15-8-9-18-19(12-15)27-21(26-18)10-4-5-11-21/h1-3,6-9,12-14H,4-5,10-11H2,(H,23,25). The summed E-state index contributed by atoms with van der Waals surface area (Å²) in [6.07, 6.45) is 7.22. The lowest BCUT2D eigenvalue weighted by atomic mass is 10.2. The summed E-state index contributed by atoms with van der Waals surface area (Å²) in [6.45, 7) is 0. The molecule has 1 aromatic heterocycles. The van der Waals surface area contributed by atoms with Crippen molar-refractivity contribution in [1.82, 2.24) is 9.55 Å². The molecule has 5 rings (SSSR count). The van der Waals surface area contributed by atoms with Crippen LogP contribution >= 0.6 is 0 Å². The van der Waals surface area contributed by atoms with Crippen LogP contribution in [0, 0.1) is 0 Å². The molecular formula is C21H19N3O3. The Bertz CT molecular complexity index is 991. The quantitative estimate of drug-likeness (QED) is 0.760. The molecule has 1 spiro atoms. The van der Waals surface area contributed by atoms with Gasteiger partial charge >= 0.3 is 0 Å². The number of imidazole rings is 1. The van der Waals surface area contributed by atoms with E-state index in [-0.39, 0.29) is 5.91 Å². The lowest BCUT2D eigenvalue weighted by molar-refractivity contribution is -0.0716. The number of ether oxygens (including phenoxy) is 2. The van der Waals surface area contributed by atoms with Crippen LogP contribution in [-0.2, 0) is 0 Å². The molecule has 2 aromatic carbocycles. The molecule has 2 aliphatic rings. The third-order valence-corrected chi connectivity index (χ3v) is 5.06. The molecule has 3 aromatic rings. The zero-order valence-electron chi connectivity index (χ0n) is 14.7. The molecule has 1 amide bonds. The minimum absolute atomic E-state index is 0.231. The highest BCUT2D eigenvalue weighted by molar-refractivity contribution is 6.03. The fourth-order valence-corrected chi connectivity index (χ4v) is 3.74. The lowest BCUT2D eigenvalue weighted by Gasteiger charge is -2.21. The van der Waals surface area contributed by atoms with Gasteiger partial charge in [-0.3, -0.25) is 9.36 Å². The average Bonchev–Trinajstić information content (AvgIpc) is 3.42. The third kappa shape index (κ3) is 2.83. The number of benzene rings is 2. The van der Waals surface area contributed by atoms with E-state index in [4.69, 9.17) is 9.47 Å². The normalized spacial score (nSPS) is 16.6. The zero-order valence-corrected chi connectivity index (χ0v) is 14.7. The second-order valence-electron chi connectivity index (χ2n) is 6.92. The van der Waals surface area contributed by atoms with Gasteiger partial charge in [-0.05, 0) is 37.1 Å². The average molecular weight is 361 g/mol. The predicted octanol–water partition coefficient (Wildman–Crippen LogP) is 4.17. The van der Waals surface area contributed by atoms with Gasteiger partial charge in [-0.1, -0.05) is 18.2 Å². The molecule has 0 radical (unpaired) electrons. The number of para-hydroxylation sites is 1. The molecule has 1 saturated carbocycles. The van der Waals surface area contributed by atoms with E-state index in [2.05, 4.69) is 10.3 Å². The number of anilines is 1. The van der Waals surface area contributed by atoms with E-state index in [9.17, 15) is 4.79 Å². The van der Waals surface area contributed by atoms with Gasteiger partial charge in [0.25, 0.3) is 11.7 Å². The van der Waals surface area contributed by atoms with E-state index >= 15 is 0 Å². The Morgan fingerprint density at radius 2 is 1.81 bits per heavy atom. The van der Waals surface area contributed by atoms with Gasteiger partial charge < -0.3 is 14.8 Å². The van der Waals surface area contributed by atoms with Crippen molar-refractivity contribution in [3.05, 3.63) is 66.7 Å². The van der Waals surface area contributed by atoms with E-state index in [1.807, 2.05) is 48.5 Å². The Kier molecular flexibility index (Phi) is 3.63. The number of nitrogens with one attached hydrogen (secondary N) is 1. The SMILES string of the molecule is O=C(Nc1ccc2c(c1)OC1(CCCC1)O2)c1cncn1-c1ccccc1. The molecule has 0 bridgehead atoms. The van der Waals surface area contributed by atoms with Crippen molar-refractivity contribution < 1.29 is 14.3 Å². The molecule has 0 atom stereocenters. The third-order valence-electron chi connectivity index (χ3n) is 5.06. The Hall–Kier alpha value is -3.28. The number of amides is 1. The summed E-state index contributed by atoms with van der Waals surface area (Å²) in [7, 11) is 0. The van der Waals surface area contributed by atoms with E-state index < -0.39 is 5.79 Å². The van der Waals surface area contributed by atoms with E-state index in [0.29, 0.717) is 17.1 Å². The number of nitrogens with zero attached hydrogens (tertiary/aromatic N) is 2. The van der Waals surface area contributed by atoms with Crippen LogP contribution in [0.5, 0.6) is 11.5 Å². The van der Waals surface area contributed by atoms with Gasteiger partial charge in [0, 0.05) is 30.3 Å². The van der Waals surface area contributed by atoms with Crippen molar-refractivity contribution >= 4 is 11.6 Å². The first-order valence-corrected chi connectivity index (χ1v) is 9.14. The number of carbonyl (C=O) groups is 1. The minimum Gasteiger partial charge on any atom is -0.448 e. The number of carbonyl (C=O) groups excluding carboxylic acids is 1. The largest absolute Gasteiger partial charge is 0.448 e. The van der Waals surface area contributed by atoms with Crippen LogP contribution in [0.1, 0.15) is 36.2 Å². The van der Waals surface area contributed by atoms with E-state index in [1.165, 1.54) is 0 Å². The molecule has 0 saturated heterocycles. The van der Waals surface area contributed by atoms with Gasteiger partial charge in [0.15, 0.2) is 11.5 Å². The Labute approximate surface area is 156 Å². The van der Waals surface area contributed by atoms with E-state index in [1.54, 1.807) is 17.1 Å². The predicted molar refractivity (Wildman–Crippen MR) is 100 cm³/mol. The highest BCUT2D eigenvalue weighted by Gasteiger charge is 2.44. The molecule has 2 heterocycles. The van der Waals surface area contributed by atoms with Crippen LogP contribution in [0.4, 0.5) is 5.69 Å². The van der Waals surface area contributed by atoms with Gasteiger partial charge in [0.1, 0.15) is 5.69 Å². The van der Waals surface area contributed by atoms with Crippen LogP contribution in [0.25, 0.3) is 5.69 Å². The van der Waals surface area contributed by atoms with Crippen LogP contribution < -0.4 is 14.8 Å². The fourth-order valence-electron chi connectivity index (χ4n) is 3.74. The second-order valence-corrected chi connectivity index (χ2v) is 6.92. The van der Waals surface area contributed by atoms with Crippen LogP contribution in [0.2, 0.25) is 0 Å². The van der Waals surface area contributed by atoms with Gasteiger partial charge in [-0.15, -0.1) is 0 Å². The first-order valence-electron chi connectivity index (χ1n) is 9.14. The molecule has 6 nitrogen and oxygen atoms in total. The van der Waals surface area contributed by atoms with Crippen molar-refractivity contribution in [2.75, 3.05) is 5.32 Å². The summed E-state index contributed by atoms with van der Waals surface area (Å²) in [6, 6.07) is 15.2. The molecule has 0 unspecified atom stereocenters. The van der Waals surface area contributed by atoms with Crippen molar-refractivity contribution in [2.24, 2.45) is 0 Å². The fraction of sp³-hybridized carbons (Fsp3) is 0.238. The Morgan fingerprint density at radius 3 is 2.63 bits per heavy atom. The minimum atomic E-state index is -0.503. The van der Waals surface area contributed by atoms with Crippen LogP contribution in [0.3, 0.4) is 0 Å². The molecule has 6 heteroatoms. The van der Waals surface area contributed by atoms with Gasteiger partial charge in [-0.2, -0.15) is 0 Å². The summed E-state index contributed by atoms with van der Waals surface area (Å²) in [5.74, 6) is 0.693. The van der Waals surface area contributed by atoms with Crippen molar-refractivity contribution in [1.29, 1.82) is 0 Å². The number of fused-ring (bicyclic) bond motifs is 1. The Morgan fingerprint density at radius 1 is 1.04 bits per heavy atom. The number of rotatable bonds is 3. The monoisotopic (exact) mass is 361 g/mol. The van der Waals surface area contributed by atoms with Crippen molar-refractivity contribution in [3.63, 3.8) is 0 Å². The number of hydrogen-bond donors (Lipinski definition) is 1. The molecule has 1 aliphatic heterocycles. The molecule has 1 aliphatic carbocycles. The summed E-state index contributed by atoms with van der Waals surface area (Å²) >= 11 is 0. The van der Waals surface area contributed by atoms with E-state index in [0.717, 1.165) is 37.1 Å². The number of aromatic nitrogens is 2. The summed E-state index contributed by atoms with van der Waals surface area (Å²) in [4.78, 5) is 16.9. The highest BCUT2D eigenvalue weighted by atomic mass is 16.7. The van der Waals surface area contributed by atoms with Crippen LogP contribution in [-0.4, -0.2) is 21.2 Å². The summed E-state index contributed by atoms with van der Waals surface area (Å²) in [5, 5.41) is 2.93. The summed E-state index contributed by atoms with van der Waals surface area (Å²) < 4.78 is 13.8. The van der Waals surface area contributed by atoms with Crippen molar-refractivity contribution in [3.8, 4) is 17.2 Å². The Balaban J connectivity index is 1.37. The molecule has 27 heavy (non-hydrogen) atoms. The molecule has 1 fully saturated rings. The molecule has 136 valence electrons. The van der Waals surface area contributed by atoms with Crippen LogP contribution in [0.15, 0.2) is 61.1 Å². The van der Waals surface area contributed by atoms with Gasteiger partial charge in [0.2, 0.25) is 0 Å². The molecule has 1 N–H and O–H groups in total. The lowest BCUT2D eigenvalue weighted by Crippen LogP contribution is -2.34. The number of hydrogen-bond acceptors (Lipinski definition) is 4. The maximum Gasteiger partial charge on any atom is 0.274 e. The topological polar surface area (TPSA) is 65.4 Å².